The van der Waals surface area contributed by atoms with E-state index in [1.807, 2.05) is 54.6 Å². The fraction of sp³-hybridized carbons (Fsp3) is 0.179. The van der Waals surface area contributed by atoms with Crippen LogP contribution in [0.3, 0.4) is 0 Å². The average Bonchev–Trinajstić information content (AvgIpc) is 3.09. The van der Waals surface area contributed by atoms with Crippen molar-refractivity contribution in [3.05, 3.63) is 165 Å². The van der Waals surface area contributed by atoms with Crippen LogP contribution in [0.4, 0.5) is 22.0 Å². The number of benzene rings is 5. The highest BCUT2D eigenvalue weighted by Gasteiger charge is 2.55. The highest BCUT2D eigenvalue weighted by atomic mass is 19.2. The Labute approximate surface area is 272 Å². The molecule has 5 aromatic rings. The topological polar surface area (TPSA) is 52.6 Å². The molecule has 0 saturated carbocycles. The Morgan fingerprint density at radius 3 is 1.77 bits per heavy atom. The SMILES string of the molecule is CC(C)(C)C(=O)c1ccc(OC(=O)c2c(F)c(F)c(F)c(F)c2F)c2c1C1c3ccccc3C2(COc2ccccc2)c2ccccc21. The summed E-state index contributed by atoms with van der Waals surface area (Å²) in [6, 6.07) is 27.0. The summed E-state index contributed by atoms with van der Waals surface area (Å²) in [5.74, 6) is -13.8. The number of para-hydroxylation sites is 1. The van der Waals surface area contributed by atoms with Crippen LogP contribution in [0.15, 0.2) is 91.0 Å². The Morgan fingerprint density at radius 1 is 0.688 bits per heavy atom. The highest BCUT2D eigenvalue weighted by Crippen LogP contribution is 2.62. The van der Waals surface area contributed by atoms with Crippen LogP contribution in [0.25, 0.3) is 0 Å². The molecule has 3 aliphatic carbocycles. The minimum absolute atomic E-state index is 0.0645. The van der Waals surface area contributed by atoms with E-state index in [2.05, 4.69) is 0 Å². The Balaban J connectivity index is 1.53. The zero-order chi connectivity index (χ0) is 34.1. The number of hydrogen-bond acceptors (Lipinski definition) is 4. The van der Waals surface area contributed by atoms with Crippen LogP contribution in [-0.4, -0.2) is 18.4 Å². The Morgan fingerprint density at radius 2 is 1.21 bits per heavy atom. The van der Waals surface area contributed by atoms with E-state index >= 15 is 0 Å². The molecule has 242 valence electrons. The minimum Gasteiger partial charge on any atom is -0.492 e. The van der Waals surface area contributed by atoms with Gasteiger partial charge in [-0.05, 0) is 52.1 Å². The first-order valence-electron chi connectivity index (χ1n) is 15.2. The minimum atomic E-state index is -2.40. The molecule has 48 heavy (non-hydrogen) atoms. The van der Waals surface area contributed by atoms with E-state index in [1.165, 1.54) is 12.1 Å². The number of esters is 1. The number of ether oxygens (including phenoxy) is 2. The number of rotatable bonds is 6. The maximum Gasteiger partial charge on any atom is 0.349 e. The lowest BCUT2D eigenvalue weighted by Gasteiger charge is -2.51. The summed E-state index contributed by atoms with van der Waals surface area (Å²) in [5.41, 5.74) is 0.672. The number of halogens is 5. The van der Waals surface area contributed by atoms with Gasteiger partial charge in [-0.3, -0.25) is 4.79 Å². The van der Waals surface area contributed by atoms with Crippen molar-refractivity contribution in [1.82, 2.24) is 0 Å². The van der Waals surface area contributed by atoms with Crippen molar-refractivity contribution in [1.29, 1.82) is 0 Å². The number of carbonyl (C=O) groups is 2. The van der Waals surface area contributed by atoms with Crippen molar-refractivity contribution >= 4 is 11.8 Å². The van der Waals surface area contributed by atoms with E-state index in [-0.39, 0.29) is 18.1 Å². The molecule has 0 unspecified atom stereocenters. The predicted octanol–water partition coefficient (Wildman–Crippen LogP) is 9.05. The van der Waals surface area contributed by atoms with Crippen LogP contribution in [0.5, 0.6) is 11.5 Å². The summed E-state index contributed by atoms with van der Waals surface area (Å²) in [7, 11) is 0. The standard InChI is InChI=1S/C39H27F5O4/c1-38(2,3)36(45)23-17-18-26(48-37(46)29-31(40)33(42)35(44)34(43)32(29)41)30-28(23)27-21-13-7-9-15-24(21)39(30,25-16-10-8-14-22(25)27)19-47-20-11-5-4-6-12-20/h4-18,27H,19H2,1-3H3. The maximum absolute atomic E-state index is 14.8. The summed E-state index contributed by atoms with van der Waals surface area (Å²) in [4.78, 5) is 27.6. The van der Waals surface area contributed by atoms with Gasteiger partial charge in [0.2, 0.25) is 5.82 Å². The molecule has 0 atom stereocenters. The van der Waals surface area contributed by atoms with Gasteiger partial charge in [0, 0.05) is 22.5 Å². The van der Waals surface area contributed by atoms with Gasteiger partial charge < -0.3 is 9.47 Å². The summed E-state index contributed by atoms with van der Waals surface area (Å²) >= 11 is 0. The largest absolute Gasteiger partial charge is 0.492 e. The third-order valence-corrected chi connectivity index (χ3v) is 9.13. The van der Waals surface area contributed by atoms with Crippen molar-refractivity contribution in [2.24, 2.45) is 5.41 Å². The van der Waals surface area contributed by atoms with E-state index in [0.717, 1.165) is 22.3 Å². The molecule has 0 fully saturated rings. The molecule has 0 saturated heterocycles. The van der Waals surface area contributed by atoms with E-state index in [4.69, 9.17) is 9.47 Å². The van der Waals surface area contributed by atoms with Gasteiger partial charge in [0.25, 0.3) is 0 Å². The van der Waals surface area contributed by atoms with E-state index in [1.54, 1.807) is 45.0 Å². The van der Waals surface area contributed by atoms with E-state index < -0.39 is 57.4 Å². The molecule has 0 heterocycles. The smallest absolute Gasteiger partial charge is 0.349 e. The molecule has 4 nitrogen and oxygen atoms in total. The molecule has 0 N–H and O–H groups in total. The van der Waals surface area contributed by atoms with Crippen LogP contribution in [0.1, 0.15) is 80.8 Å². The first kappa shape index (κ1) is 31.3. The predicted molar refractivity (Wildman–Crippen MR) is 167 cm³/mol. The second-order valence-corrected chi connectivity index (χ2v) is 12.9. The van der Waals surface area contributed by atoms with Gasteiger partial charge in [0.1, 0.15) is 23.7 Å². The Kier molecular flexibility index (Phi) is 7.27. The highest BCUT2D eigenvalue weighted by molar-refractivity contribution is 6.03. The van der Waals surface area contributed by atoms with Gasteiger partial charge in [0.15, 0.2) is 29.1 Å². The molecular formula is C39H27F5O4. The molecule has 8 rings (SSSR count). The molecule has 2 bridgehead atoms. The van der Waals surface area contributed by atoms with Crippen LogP contribution >= 0.6 is 0 Å². The maximum atomic E-state index is 14.8. The number of ketones is 1. The van der Waals surface area contributed by atoms with E-state index in [9.17, 15) is 31.5 Å². The van der Waals surface area contributed by atoms with Crippen LogP contribution in [-0.2, 0) is 5.41 Å². The normalized spacial score (nSPS) is 17.3. The summed E-state index contributed by atoms with van der Waals surface area (Å²) in [6.45, 7) is 5.26. The zero-order valence-electron chi connectivity index (χ0n) is 26.0. The third kappa shape index (κ3) is 4.47. The van der Waals surface area contributed by atoms with Crippen molar-refractivity contribution in [3.8, 4) is 11.5 Å². The molecule has 0 aromatic heterocycles. The van der Waals surface area contributed by atoms with Crippen LogP contribution in [0, 0.1) is 34.5 Å². The first-order chi connectivity index (χ1) is 22.9. The molecule has 0 radical (unpaired) electrons. The number of hydrogen-bond donors (Lipinski definition) is 0. The Bertz CT molecular complexity index is 2080. The fourth-order valence-corrected chi connectivity index (χ4v) is 7.07. The fourth-order valence-electron chi connectivity index (χ4n) is 7.07. The number of carbonyl (C=O) groups excluding carboxylic acids is 2. The average molecular weight is 655 g/mol. The van der Waals surface area contributed by atoms with Crippen molar-refractivity contribution < 1.29 is 41.0 Å². The van der Waals surface area contributed by atoms with Gasteiger partial charge in [-0.25, -0.2) is 26.7 Å². The Hall–Kier alpha value is -5.31. The summed E-state index contributed by atoms with van der Waals surface area (Å²) in [6.07, 6.45) is 0. The van der Waals surface area contributed by atoms with Crippen molar-refractivity contribution in [2.75, 3.05) is 6.61 Å². The van der Waals surface area contributed by atoms with Gasteiger partial charge in [-0.15, -0.1) is 0 Å². The molecule has 9 heteroatoms. The van der Waals surface area contributed by atoms with Crippen LogP contribution < -0.4 is 9.47 Å². The first-order valence-corrected chi connectivity index (χ1v) is 15.2. The molecule has 0 spiro atoms. The van der Waals surface area contributed by atoms with Gasteiger partial charge in [0.05, 0.1) is 5.41 Å². The van der Waals surface area contributed by atoms with Gasteiger partial charge in [-0.2, -0.15) is 0 Å². The van der Waals surface area contributed by atoms with Gasteiger partial charge >= 0.3 is 5.97 Å². The van der Waals surface area contributed by atoms with Crippen molar-refractivity contribution in [3.63, 3.8) is 0 Å². The van der Waals surface area contributed by atoms with Crippen molar-refractivity contribution in [2.45, 2.75) is 32.1 Å². The summed E-state index contributed by atoms with van der Waals surface area (Å²) < 4.78 is 84.0. The summed E-state index contributed by atoms with van der Waals surface area (Å²) in [5, 5.41) is 0. The second-order valence-electron chi connectivity index (χ2n) is 12.9. The lowest BCUT2D eigenvalue weighted by molar-refractivity contribution is 0.0716. The number of Topliss-reactive ketones (excluding diaryl/α,β-unsaturated/α-hetero) is 1. The third-order valence-electron chi connectivity index (χ3n) is 9.13. The molecule has 0 amide bonds. The van der Waals surface area contributed by atoms with Gasteiger partial charge in [-0.1, -0.05) is 87.5 Å². The second kappa shape index (κ2) is 11.1. The zero-order valence-corrected chi connectivity index (χ0v) is 26.0. The lowest BCUT2D eigenvalue weighted by atomic mass is 9.52. The van der Waals surface area contributed by atoms with Crippen LogP contribution in [0.2, 0.25) is 0 Å². The lowest BCUT2D eigenvalue weighted by Crippen LogP contribution is -2.47. The monoisotopic (exact) mass is 654 g/mol. The molecular weight excluding hydrogens is 627 g/mol. The molecule has 5 aromatic carbocycles. The van der Waals surface area contributed by atoms with E-state index in [0.29, 0.717) is 22.4 Å². The quantitative estimate of drug-likeness (QED) is 0.0458. The molecule has 3 aliphatic rings. The molecule has 0 aliphatic heterocycles.